The van der Waals surface area contributed by atoms with Gasteiger partial charge in [0.15, 0.2) is 0 Å². The van der Waals surface area contributed by atoms with Gasteiger partial charge in [0.2, 0.25) is 5.91 Å². The Bertz CT molecular complexity index is 848. The number of hydrogen-bond acceptors (Lipinski definition) is 2. The maximum Gasteiger partial charge on any atom is 0.253 e. The van der Waals surface area contributed by atoms with Crippen molar-refractivity contribution in [3.05, 3.63) is 63.6 Å². The van der Waals surface area contributed by atoms with E-state index < -0.39 is 0 Å². The van der Waals surface area contributed by atoms with Crippen LogP contribution in [0.5, 0.6) is 0 Å². The van der Waals surface area contributed by atoms with Crippen molar-refractivity contribution in [3.63, 3.8) is 0 Å². The molecule has 0 unspecified atom stereocenters. The summed E-state index contributed by atoms with van der Waals surface area (Å²) in [7, 11) is 0. The van der Waals surface area contributed by atoms with Gasteiger partial charge in [-0.15, -0.1) is 0 Å². The van der Waals surface area contributed by atoms with Crippen LogP contribution in [0.1, 0.15) is 54.4 Å². The van der Waals surface area contributed by atoms with E-state index >= 15 is 0 Å². The average molecular weight is 419 g/mol. The molecule has 1 saturated carbocycles. The van der Waals surface area contributed by atoms with E-state index in [0.29, 0.717) is 34.1 Å². The zero-order chi connectivity index (χ0) is 19.9. The van der Waals surface area contributed by atoms with Crippen LogP contribution in [0.15, 0.2) is 42.5 Å². The second kappa shape index (κ2) is 9.94. The first-order valence-electron chi connectivity index (χ1n) is 9.66. The number of benzene rings is 2. The van der Waals surface area contributed by atoms with Gasteiger partial charge in [-0.05, 0) is 49.1 Å². The summed E-state index contributed by atoms with van der Waals surface area (Å²) < 4.78 is 0. The number of amides is 2. The number of aryl methyl sites for hydroxylation is 1. The first kappa shape index (κ1) is 20.7. The second-order valence-corrected chi connectivity index (χ2v) is 7.96. The van der Waals surface area contributed by atoms with Crippen molar-refractivity contribution in [1.82, 2.24) is 5.32 Å². The molecule has 28 heavy (non-hydrogen) atoms. The van der Waals surface area contributed by atoms with Gasteiger partial charge in [-0.2, -0.15) is 0 Å². The number of carbonyl (C=O) groups is 2. The van der Waals surface area contributed by atoms with Gasteiger partial charge in [-0.25, -0.2) is 0 Å². The Hall–Kier alpha value is -2.04. The van der Waals surface area contributed by atoms with Crippen molar-refractivity contribution in [1.29, 1.82) is 0 Å². The summed E-state index contributed by atoms with van der Waals surface area (Å²) in [6.07, 6.45) is 6.36. The van der Waals surface area contributed by atoms with Gasteiger partial charge >= 0.3 is 0 Å². The fourth-order valence-electron chi connectivity index (χ4n) is 3.46. The molecule has 2 amide bonds. The molecular weight excluding hydrogens is 395 g/mol. The lowest BCUT2D eigenvalue weighted by atomic mass is 9.95. The van der Waals surface area contributed by atoms with Crippen molar-refractivity contribution in [3.8, 4) is 0 Å². The highest BCUT2D eigenvalue weighted by atomic mass is 35.5. The standard InChI is InChI=1S/C22H24Cl2N2O2/c23-19-9-5-4-6-15(19)10-13-21(27)25-17-11-12-20(24)18(14-17)22(28)26-16-7-2-1-3-8-16/h4-6,9,11-12,14,16H,1-3,7-8,10,13H2,(H,25,27)(H,26,28). The van der Waals surface area contributed by atoms with Gasteiger partial charge in [0.05, 0.1) is 10.6 Å². The van der Waals surface area contributed by atoms with Crippen LogP contribution in [0.3, 0.4) is 0 Å². The molecule has 0 spiro atoms. The predicted molar refractivity (Wildman–Crippen MR) is 114 cm³/mol. The van der Waals surface area contributed by atoms with E-state index in [2.05, 4.69) is 10.6 Å². The lowest BCUT2D eigenvalue weighted by molar-refractivity contribution is -0.116. The molecule has 0 bridgehead atoms. The highest BCUT2D eigenvalue weighted by molar-refractivity contribution is 6.34. The minimum Gasteiger partial charge on any atom is -0.349 e. The number of nitrogens with one attached hydrogen (secondary N) is 2. The highest BCUT2D eigenvalue weighted by Gasteiger charge is 2.19. The zero-order valence-electron chi connectivity index (χ0n) is 15.6. The van der Waals surface area contributed by atoms with Crippen LogP contribution < -0.4 is 10.6 Å². The third-order valence-electron chi connectivity index (χ3n) is 5.01. The van der Waals surface area contributed by atoms with E-state index in [0.717, 1.165) is 31.2 Å². The van der Waals surface area contributed by atoms with Crippen LogP contribution in [0.2, 0.25) is 10.0 Å². The van der Waals surface area contributed by atoms with Gasteiger partial charge in [0.25, 0.3) is 5.91 Å². The number of halogens is 2. The average Bonchev–Trinajstić information content (AvgIpc) is 2.69. The van der Waals surface area contributed by atoms with Crippen LogP contribution >= 0.6 is 23.2 Å². The van der Waals surface area contributed by atoms with E-state index in [1.807, 2.05) is 24.3 Å². The molecule has 4 nitrogen and oxygen atoms in total. The second-order valence-electron chi connectivity index (χ2n) is 7.14. The van der Waals surface area contributed by atoms with Crippen LogP contribution in [0.25, 0.3) is 0 Å². The normalized spacial score (nSPS) is 14.5. The van der Waals surface area contributed by atoms with E-state index in [-0.39, 0.29) is 17.9 Å². The molecule has 2 aromatic rings. The largest absolute Gasteiger partial charge is 0.349 e. The fraction of sp³-hybridized carbons (Fsp3) is 0.364. The third-order valence-corrected chi connectivity index (χ3v) is 5.71. The molecule has 148 valence electrons. The summed E-state index contributed by atoms with van der Waals surface area (Å²) in [4.78, 5) is 24.9. The lowest BCUT2D eigenvalue weighted by Crippen LogP contribution is -2.36. The topological polar surface area (TPSA) is 58.2 Å². The Balaban J connectivity index is 1.59. The number of anilines is 1. The third kappa shape index (κ3) is 5.73. The number of carbonyl (C=O) groups excluding carboxylic acids is 2. The smallest absolute Gasteiger partial charge is 0.253 e. The Morgan fingerprint density at radius 2 is 1.71 bits per heavy atom. The Morgan fingerprint density at radius 3 is 2.46 bits per heavy atom. The van der Waals surface area contributed by atoms with Crippen LogP contribution in [-0.2, 0) is 11.2 Å². The SMILES string of the molecule is O=C(CCc1ccccc1Cl)Nc1ccc(Cl)c(C(=O)NC2CCCCC2)c1. The van der Waals surface area contributed by atoms with Crippen LogP contribution in [0, 0.1) is 0 Å². The molecule has 0 saturated heterocycles. The Kier molecular flexibility index (Phi) is 7.35. The van der Waals surface area contributed by atoms with Gasteiger partial charge in [-0.3, -0.25) is 9.59 Å². The van der Waals surface area contributed by atoms with Gasteiger partial charge < -0.3 is 10.6 Å². The number of rotatable bonds is 6. The molecule has 0 atom stereocenters. The summed E-state index contributed by atoms with van der Waals surface area (Å²) in [5, 5.41) is 6.93. The molecule has 6 heteroatoms. The monoisotopic (exact) mass is 418 g/mol. The van der Waals surface area contributed by atoms with E-state index in [9.17, 15) is 9.59 Å². The maximum atomic E-state index is 12.6. The van der Waals surface area contributed by atoms with Crippen LogP contribution in [-0.4, -0.2) is 17.9 Å². The molecule has 0 heterocycles. The summed E-state index contributed by atoms with van der Waals surface area (Å²) >= 11 is 12.3. The molecule has 0 radical (unpaired) electrons. The first-order chi connectivity index (χ1) is 13.5. The van der Waals surface area contributed by atoms with Crippen molar-refractivity contribution < 1.29 is 9.59 Å². The number of hydrogen-bond donors (Lipinski definition) is 2. The molecule has 2 aromatic carbocycles. The molecule has 0 aliphatic heterocycles. The quantitative estimate of drug-likeness (QED) is 0.638. The highest BCUT2D eigenvalue weighted by Crippen LogP contribution is 2.23. The van der Waals surface area contributed by atoms with Gasteiger partial charge in [-0.1, -0.05) is 60.7 Å². The van der Waals surface area contributed by atoms with Crippen molar-refractivity contribution in [2.45, 2.75) is 51.0 Å². The minimum absolute atomic E-state index is 0.138. The molecule has 1 fully saturated rings. The summed E-state index contributed by atoms with van der Waals surface area (Å²) in [5.41, 5.74) is 1.88. The van der Waals surface area contributed by atoms with E-state index in [4.69, 9.17) is 23.2 Å². The van der Waals surface area contributed by atoms with Crippen molar-refractivity contribution >= 4 is 40.7 Å². The Morgan fingerprint density at radius 1 is 0.964 bits per heavy atom. The zero-order valence-corrected chi connectivity index (χ0v) is 17.2. The molecular formula is C22H24Cl2N2O2. The summed E-state index contributed by atoms with van der Waals surface area (Å²) in [6.45, 7) is 0. The molecule has 2 N–H and O–H groups in total. The van der Waals surface area contributed by atoms with E-state index in [1.54, 1.807) is 18.2 Å². The molecule has 1 aliphatic rings. The summed E-state index contributed by atoms with van der Waals surface area (Å²) in [5.74, 6) is -0.329. The van der Waals surface area contributed by atoms with E-state index in [1.165, 1.54) is 6.42 Å². The van der Waals surface area contributed by atoms with Crippen molar-refractivity contribution in [2.75, 3.05) is 5.32 Å². The Labute approximate surface area is 175 Å². The van der Waals surface area contributed by atoms with Gasteiger partial charge in [0.1, 0.15) is 0 Å². The predicted octanol–water partition coefficient (Wildman–Crippen LogP) is 5.63. The minimum atomic E-state index is -0.191. The molecule has 1 aliphatic carbocycles. The lowest BCUT2D eigenvalue weighted by Gasteiger charge is -2.23. The van der Waals surface area contributed by atoms with Gasteiger partial charge in [0, 0.05) is 23.2 Å². The maximum absolute atomic E-state index is 12.6. The van der Waals surface area contributed by atoms with Crippen molar-refractivity contribution in [2.24, 2.45) is 0 Å². The molecule has 3 rings (SSSR count). The fourth-order valence-corrected chi connectivity index (χ4v) is 3.89. The van der Waals surface area contributed by atoms with Crippen LogP contribution in [0.4, 0.5) is 5.69 Å². The summed E-state index contributed by atoms with van der Waals surface area (Å²) in [6, 6.07) is 12.7. The first-order valence-corrected chi connectivity index (χ1v) is 10.4. The molecule has 0 aromatic heterocycles.